The summed E-state index contributed by atoms with van der Waals surface area (Å²) >= 11 is 4.95. The Labute approximate surface area is 153 Å². The zero-order valence-electron chi connectivity index (χ0n) is 14.4. The summed E-state index contributed by atoms with van der Waals surface area (Å²) in [4.78, 5) is 32.6. The van der Waals surface area contributed by atoms with E-state index in [0.717, 1.165) is 0 Å². The normalized spacial score (nSPS) is 28.5. The molecule has 3 rings (SSSR count). The van der Waals surface area contributed by atoms with Gasteiger partial charge in [0.25, 0.3) is 5.56 Å². The first-order valence-corrected chi connectivity index (χ1v) is 10.4. The van der Waals surface area contributed by atoms with Crippen LogP contribution in [-0.4, -0.2) is 56.9 Å². The van der Waals surface area contributed by atoms with E-state index in [1.165, 1.54) is 20.5 Å². The lowest BCUT2D eigenvalue weighted by atomic mass is 10.1. The van der Waals surface area contributed by atoms with Gasteiger partial charge in [-0.2, -0.15) is 4.98 Å². The number of ether oxygens (including phenoxy) is 2. The van der Waals surface area contributed by atoms with Gasteiger partial charge < -0.3 is 24.6 Å². The maximum Gasteiger partial charge on any atom is 0.324 e. The van der Waals surface area contributed by atoms with E-state index in [2.05, 4.69) is 15.0 Å². The van der Waals surface area contributed by atoms with Crippen LogP contribution in [0.25, 0.3) is 11.2 Å². The lowest BCUT2D eigenvalue weighted by Gasteiger charge is -2.26. The minimum atomic E-state index is -3.43. The number of rotatable bonds is 6. The molecular formula is C13H20N5O6PS. The molecule has 3 heterocycles. The zero-order valence-corrected chi connectivity index (χ0v) is 16.1. The molecule has 0 amide bonds. The molecule has 0 saturated carbocycles. The van der Waals surface area contributed by atoms with Crippen molar-refractivity contribution in [3.8, 4) is 0 Å². The van der Waals surface area contributed by atoms with Crippen LogP contribution in [0.3, 0.4) is 0 Å². The molecule has 2 unspecified atom stereocenters. The third-order valence-corrected chi connectivity index (χ3v) is 5.85. The van der Waals surface area contributed by atoms with Gasteiger partial charge in [-0.25, -0.2) is 4.98 Å². The van der Waals surface area contributed by atoms with Gasteiger partial charge in [0.1, 0.15) is 12.2 Å². The van der Waals surface area contributed by atoms with Crippen molar-refractivity contribution in [3.63, 3.8) is 0 Å². The fourth-order valence-electron chi connectivity index (χ4n) is 2.96. The Morgan fingerprint density at radius 1 is 1.50 bits per heavy atom. The van der Waals surface area contributed by atoms with Crippen molar-refractivity contribution in [1.29, 1.82) is 0 Å². The van der Waals surface area contributed by atoms with E-state index in [1.54, 1.807) is 4.57 Å². The molecule has 4 N–H and O–H groups in total. The van der Waals surface area contributed by atoms with Gasteiger partial charge in [0, 0.05) is 14.2 Å². The summed E-state index contributed by atoms with van der Waals surface area (Å²) in [5.41, 5.74) is 5.56. The maximum atomic E-state index is 12.0. The molecule has 0 spiro atoms. The third-order valence-electron chi connectivity index (χ3n) is 4.17. The van der Waals surface area contributed by atoms with Gasteiger partial charge in [0.2, 0.25) is 5.95 Å². The van der Waals surface area contributed by atoms with Gasteiger partial charge in [-0.05, 0) is 18.2 Å². The average molecular weight is 405 g/mol. The fraction of sp³-hybridized carbons (Fsp3) is 0.615. The van der Waals surface area contributed by atoms with Crippen LogP contribution in [0.15, 0.2) is 11.1 Å². The molecule has 0 aromatic carbocycles. The molecule has 0 radical (unpaired) electrons. The van der Waals surface area contributed by atoms with Gasteiger partial charge in [-0.3, -0.25) is 18.9 Å². The van der Waals surface area contributed by atoms with Crippen molar-refractivity contribution in [1.82, 2.24) is 19.5 Å². The molecule has 0 aliphatic carbocycles. The maximum absolute atomic E-state index is 12.0. The van der Waals surface area contributed by atoms with Crippen LogP contribution in [0, 0.1) is 0 Å². The number of imidazole rings is 1. The zero-order chi connectivity index (χ0) is 19.1. The summed E-state index contributed by atoms with van der Waals surface area (Å²) in [5.74, 6) is -0.0405. The van der Waals surface area contributed by atoms with Crippen molar-refractivity contribution >= 4 is 35.6 Å². The Bertz CT molecular complexity index is 903. The van der Waals surface area contributed by atoms with Crippen LogP contribution in [0.5, 0.6) is 0 Å². The van der Waals surface area contributed by atoms with Gasteiger partial charge in [0.15, 0.2) is 17.4 Å². The van der Waals surface area contributed by atoms with E-state index in [0.29, 0.717) is 6.42 Å². The quantitative estimate of drug-likeness (QED) is 0.572. The van der Waals surface area contributed by atoms with Crippen molar-refractivity contribution in [2.45, 2.75) is 37.9 Å². The van der Waals surface area contributed by atoms with Crippen molar-refractivity contribution < 1.29 is 23.4 Å². The second-order valence-corrected chi connectivity index (χ2v) is 8.57. The first-order chi connectivity index (χ1) is 12.3. The highest BCUT2D eigenvalue weighted by Crippen LogP contribution is 2.49. The topological polar surface area (TPSA) is 147 Å². The van der Waals surface area contributed by atoms with E-state index in [9.17, 15) is 9.69 Å². The summed E-state index contributed by atoms with van der Waals surface area (Å²) in [6, 6.07) is 0. The molecular weight excluding hydrogens is 385 g/mol. The third kappa shape index (κ3) is 3.41. The smallest absolute Gasteiger partial charge is 0.324 e. The van der Waals surface area contributed by atoms with Crippen LogP contribution in [0.1, 0.15) is 19.6 Å². The predicted octanol–water partition coefficient (Wildman–Crippen LogP) is 0.273. The van der Waals surface area contributed by atoms with E-state index in [-0.39, 0.29) is 17.1 Å². The average Bonchev–Trinajstić information content (AvgIpc) is 3.15. The molecule has 26 heavy (non-hydrogen) atoms. The Morgan fingerprint density at radius 3 is 2.85 bits per heavy atom. The monoisotopic (exact) mass is 405 g/mol. The van der Waals surface area contributed by atoms with Crippen LogP contribution in [-0.2, 0) is 30.3 Å². The van der Waals surface area contributed by atoms with Gasteiger partial charge >= 0.3 is 6.72 Å². The molecule has 1 saturated heterocycles. The van der Waals surface area contributed by atoms with Crippen LogP contribution < -0.4 is 11.3 Å². The van der Waals surface area contributed by atoms with E-state index < -0.39 is 36.8 Å². The van der Waals surface area contributed by atoms with Crippen LogP contribution >= 0.6 is 6.72 Å². The number of hydrogen-bond acceptors (Lipinski definition) is 9. The number of methoxy groups -OCH3 is 1. The van der Waals surface area contributed by atoms with Gasteiger partial charge in [-0.15, -0.1) is 0 Å². The van der Waals surface area contributed by atoms with Crippen LogP contribution in [0.4, 0.5) is 5.95 Å². The number of aromatic nitrogens is 4. The fourth-order valence-corrected chi connectivity index (χ4v) is 3.91. The van der Waals surface area contributed by atoms with Crippen molar-refractivity contribution in [2.75, 3.05) is 20.0 Å². The highest BCUT2D eigenvalue weighted by atomic mass is 32.5. The SMILES string of the molecule is CC[C@H]1O[C@@H](n2cnc3c(=O)[nH]c(N)nc32)[C@@H](OC)C1OP(O)(=S)OC. The molecule has 11 nitrogen and oxygen atoms in total. The second-order valence-electron chi connectivity index (χ2n) is 5.67. The number of hydrogen-bond donors (Lipinski definition) is 3. The summed E-state index contributed by atoms with van der Waals surface area (Å²) in [6.45, 7) is -1.53. The number of nitrogens with two attached hydrogens (primary N) is 1. The number of anilines is 1. The highest BCUT2D eigenvalue weighted by molar-refractivity contribution is 8.07. The summed E-state index contributed by atoms with van der Waals surface area (Å²) in [6.07, 6.45) is -0.467. The number of nitrogens with zero attached hydrogens (tertiary/aromatic N) is 3. The van der Waals surface area contributed by atoms with Crippen molar-refractivity contribution in [3.05, 3.63) is 16.7 Å². The first kappa shape index (κ1) is 19.4. The Morgan fingerprint density at radius 2 is 2.23 bits per heavy atom. The van der Waals surface area contributed by atoms with Crippen LogP contribution in [0.2, 0.25) is 0 Å². The number of nitrogen functional groups attached to an aromatic ring is 1. The lowest BCUT2D eigenvalue weighted by Crippen LogP contribution is -2.35. The number of fused-ring (bicyclic) bond motifs is 1. The van der Waals surface area contributed by atoms with Gasteiger partial charge in [0.05, 0.1) is 12.4 Å². The van der Waals surface area contributed by atoms with Crippen molar-refractivity contribution in [2.24, 2.45) is 0 Å². The summed E-state index contributed by atoms with van der Waals surface area (Å²) < 4.78 is 23.6. The summed E-state index contributed by atoms with van der Waals surface area (Å²) in [5, 5.41) is 0. The lowest BCUT2D eigenvalue weighted by molar-refractivity contribution is -0.0494. The standard InChI is InChI=1S/C13H20N5O6PS/c1-4-6-8(24-25(20,26)22-3)9(21-2)12(23-6)18-5-15-7-10(18)16-13(14)17-11(7)19/h5-6,8-9,12H,4H2,1-3H3,(H,20,26)(H3,14,16,17,19)/t6-,8?,9+,12-,25?/m1/s1. The molecule has 13 heteroatoms. The number of aromatic amines is 1. The molecule has 2 aromatic heterocycles. The summed E-state index contributed by atoms with van der Waals surface area (Å²) in [7, 11) is 2.76. The minimum absolute atomic E-state index is 0.0405. The largest absolute Gasteiger partial charge is 0.374 e. The number of nitrogens with one attached hydrogen (secondary N) is 1. The molecule has 1 aliphatic heterocycles. The number of H-pyrrole nitrogens is 1. The Kier molecular flexibility index (Phi) is 5.45. The molecule has 2 aromatic rings. The Hall–Kier alpha value is -1.40. The minimum Gasteiger partial charge on any atom is -0.374 e. The van der Waals surface area contributed by atoms with E-state index >= 15 is 0 Å². The molecule has 0 bridgehead atoms. The van der Waals surface area contributed by atoms with E-state index in [1.807, 2.05) is 6.92 Å². The molecule has 144 valence electrons. The second kappa shape index (κ2) is 7.31. The Balaban J connectivity index is 2.03. The highest BCUT2D eigenvalue weighted by Gasteiger charge is 2.48. The van der Waals surface area contributed by atoms with Gasteiger partial charge in [-0.1, -0.05) is 6.92 Å². The first-order valence-electron chi connectivity index (χ1n) is 7.78. The van der Waals surface area contributed by atoms with E-state index in [4.69, 9.17) is 36.1 Å². The molecule has 1 aliphatic rings. The molecule has 5 atom stereocenters. The molecule has 1 fully saturated rings. The predicted molar refractivity (Wildman–Crippen MR) is 95.9 cm³/mol.